The van der Waals surface area contributed by atoms with Crippen molar-refractivity contribution in [1.82, 2.24) is 4.90 Å². The SMILES string of the molecule is O=C(C1CC1)N1CCC2(CCCCC2)CC1. The molecule has 2 aliphatic carbocycles. The summed E-state index contributed by atoms with van der Waals surface area (Å²) in [6.07, 6.45) is 12.0. The van der Waals surface area contributed by atoms with Crippen molar-refractivity contribution >= 4 is 5.91 Å². The van der Waals surface area contributed by atoms with Gasteiger partial charge in [0.05, 0.1) is 0 Å². The van der Waals surface area contributed by atoms with Gasteiger partial charge in [-0.1, -0.05) is 19.3 Å². The van der Waals surface area contributed by atoms with Gasteiger partial charge in [0.25, 0.3) is 0 Å². The van der Waals surface area contributed by atoms with Crippen LogP contribution in [0.4, 0.5) is 0 Å². The molecule has 2 saturated carbocycles. The van der Waals surface area contributed by atoms with Crippen LogP contribution in [0.5, 0.6) is 0 Å². The summed E-state index contributed by atoms with van der Waals surface area (Å²) in [7, 11) is 0. The van der Waals surface area contributed by atoms with E-state index in [-0.39, 0.29) is 0 Å². The van der Waals surface area contributed by atoms with Gasteiger partial charge in [0, 0.05) is 19.0 Å². The van der Waals surface area contributed by atoms with Gasteiger partial charge in [-0.25, -0.2) is 0 Å². The summed E-state index contributed by atoms with van der Waals surface area (Å²) in [5.74, 6) is 0.881. The summed E-state index contributed by atoms with van der Waals surface area (Å²) >= 11 is 0. The van der Waals surface area contributed by atoms with Crippen molar-refractivity contribution in [2.75, 3.05) is 13.1 Å². The van der Waals surface area contributed by atoms with Crippen molar-refractivity contribution in [1.29, 1.82) is 0 Å². The highest BCUT2D eigenvalue weighted by atomic mass is 16.2. The first-order valence-electron chi connectivity index (χ1n) is 7.08. The highest BCUT2D eigenvalue weighted by Gasteiger charge is 2.39. The maximum Gasteiger partial charge on any atom is 0.225 e. The van der Waals surface area contributed by atoms with Crippen LogP contribution in [0.1, 0.15) is 57.8 Å². The van der Waals surface area contributed by atoms with E-state index in [0.29, 0.717) is 17.2 Å². The molecule has 0 bridgehead atoms. The molecule has 90 valence electrons. The zero-order valence-electron chi connectivity index (χ0n) is 10.2. The van der Waals surface area contributed by atoms with Crippen LogP contribution in [0.25, 0.3) is 0 Å². The highest BCUT2D eigenvalue weighted by molar-refractivity contribution is 5.81. The van der Waals surface area contributed by atoms with Crippen LogP contribution in [0.2, 0.25) is 0 Å². The monoisotopic (exact) mass is 221 g/mol. The number of hydrogen-bond acceptors (Lipinski definition) is 1. The summed E-state index contributed by atoms with van der Waals surface area (Å²) in [4.78, 5) is 14.1. The van der Waals surface area contributed by atoms with Crippen molar-refractivity contribution in [2.45, 2.75) is 57.8 Å². The molecular weight excluding hydrogens is 198 g/mol. The molecule has 2 nitrogen and oxygen atoms in total. The fourth-order valence-electron chi connectivity index (χ4n) is 3.59. The first kappa shape index (κ1) is 10.6. The Morgan fingerprint density at radius 3 is 2.12 bits per heavy atom. The van der Waals surface area contributed by atoms with Crippen LogP contribution in [0.3, 0.4) is 0 Å². The number of hydrogen-bond donors (Lipinski definition) is 0. The van der Waals surface area contributed by atoms with Gasteiger partial charge in [-0.2, -0.15) is 0 Å². The fourth-order valence-corrected chi connectivity index (χ4v) is 3.59. The summed E-state index contributed by atoms with van der Waals surface area (Å²) < 4.78 is 0. The summed E-state index contributed by atoms with van der Waals surface area (Å²) in [6, 6.07) is 0. The predicted molar refractivity (Wildman–Crippen MR) is 64.1 cm³/mol. The van der Waals surface area contributed by atoms with Crippen LogP contribution < -0.4 is 0 Å². The van der Waals surface area contributed by atoms with Crippen LogP contribution in [-0.2, 0) is 4.79 Å². The first-order valence-corrected chi connectivity index (χ1v) is 7.08. The van der Waals surface area contributed by atoms with E-state index in [1.54, 1.807) is 0 Å². The van der Waals surface area contributed by atoms with Gasteiger partial charge in [0.1, 0.15) is 0 Å². The summed E-state index contributed by atoms with van der Waals surface area (Å²) in [5.41, 5.74) is 0.637. The Labute approximate surface area is 98.4 Å². The number of carbonyl (C=O) groups excluding carboxylic acids is 1. The quantitative estimate of drug-likeness (QED) is 0.666. The number of carbonyl (C=O) groups is 1. The Kier molecular flexibility index (Phi) is 2.68. The van der Waals surface area contributed by atoms with Crippen molar-refractivity contribution in [3.05, 3.63) is 0 Å². The van der Waals surface area contributed by atoms with Gasteiger partial charge in [-0.05, 0) is 43.9 Å². The summed E-state index contributed by atoms with van der Waals surface area (Å²) in [5, 5.41) is 0. The molecule has 2 heteroatoms. The van der Waals surface area contributed by atoms with E-state index < -0.39 is 0 Å². The van der Waals surface area contributed by atoms with Crippen molar-refractivity contribution < 1.29 is 4.79 Å². The van der Waals surface area contributed by atoms with E-state index in [1.165, 1.54) is 44.9 Å². The smallest absolute Gasteiger partial charge is 0.225 e. The van der Waals surface area contributed by atoms with Crippen LogP contribution in [0.15, 0.2) is 0 Å². The lowest BCUT2D eigenvalue weighted by Gasteiger charge is -2.44. The van der Waals surface area contributed by atoms with Crippen LogP contribution in [-0.4, -0.2) is 23.9 Å². The van der Waals surface area contributed by atoms with Gasteiger partial charge in [-0.15, -0.1) is 0 Å². The molecule has 0 aromatic carbocycles. The molecule has 0 unspecified atom stereocenters. The van der Waals surface area contributed by atoms with Gasteiger partial charge in [0.15, 0.2) is 0 Å². The molecule has 0 aromatic heterocycles. The molecule has 3 fully saturated rings. The molecule has 1 aliphatic heterocycles. The average Bonchev–Trinajstić information content (AvgIpc) is 3.14. The minimum atomic E-state index is 0.417. The lowest BCUT2D eigenvalue weighted by atomic mass is 9.68. The molecule has 1 saturated heterocycles. The molecule has 0 radical (unpaired) electrons. The Balaban J connectivity index is 1.56. The number of likely N-dealkylation sites (tertiary alicyclic amines) is 1. The van der Waals surface area contributed by atoms with E-state index in [1.807, 2.05) is 0 Å². The van der Waals surface area contributed by atoms with Crippen LogP contribution in [0, 0.1) is 11.3 Å². The minimum Gasteiger partial charge on any atom is -0.342 e. The maximum absolute atomic E-state index is 12.0. The third-order valence-corrected chi connectivity index (χ3v) is 4.98. The lowest BCUT2D eigenvalue weighted by Crippen LogP contribution is -2.44. The number of amides is 1. The Bertz CT molecular complexity index is 266. The molecule has 3 aliphatic rings. The van der Waals surface area contributed by atoms with E-state index in [2.05, 4.69) is 4.90 Å². The molecule has 1 amide bonds. The van der Waals surface area contributed by atoms with E-state index in [9.17, 15) is 4.79 Å². The van der Waals surface area contributed by atoms with Gasteiger partial charge < -0.3 is 4.90 Å². The fraction of sp³-hybridized carbons (Fsp3) is 0.929. The molecule has 0 aromatic rings. The second kappa shape index (κ2) is 4.05. The van der Waals surface area contributed by atoms with Crippen LogP contribution >= 0.6 is 0 Å². The Morgan fingerprint density at radius 2 is 1.56 bits per heavy atom. The second-order valence-corrected chi connectivity index (χ2v) is 6.16. The Morgan fingerprint density at radius 1 is 0.938 bits per heavy atom. The average molecular weight is 221 g/mol. The molecule has 1 spiro atoms. The number of nitrogens with zero attached hydrogens (tertiary/aromatic N) is 1. The van der Waals surface area contributed by atoms with Crippen molar-refractivity contribution in [3.63, 3.8) is 0 Å². The predicted octanol–water partition coefficient (Wildman–Crippen LogP) is 2.97. The second-order valence-electron chi connectivity index (χ2n) is 6.16. The molecule has 0 N–H and O–H groups in total. The zero-order valence-corrected chi connectivity index (χ0v) is 10.2. The molecule has 16 heavy (non-hydrogen) atoms. The Hall–Kier alpha value is -0.530. The molecule has 1 heterocycles. The highest BCUT2D eigenvalue weighted by Crippen LogP contribution is 2.45. The van der Waals surface area contributed by atoms with E-state index >= 15 is 0 Å². The molecule has 0 atom stereocenters. The first-order chi connectivity index (χ1) is 7.79. The normalized spacial score (nSPS) is 29.4. The standard InChI is InChI=1S/C14H23NO/c16-13(12-4-5-12)15-10-8-14(9-11-15)6-2-1-3-7-14/h12H,1-11H2. The number of piperidine rings is 1. The lowest BCUT2D eigenvalue weighted by molar-refractivity contribution is -0.135. The van der Waals surface area contributed by atoms with E-state index in [0.717, 1.165) is 25.9 Å². The third-order valence-electron chi connectivity index (χ3n) is 4.98. The zero-order chi connectivity index (χ0) is 11.0. The number of rotatable bonds is 1. The largest absolute Gasteiger partial charge is 0.342 e. The van der Waals surface area contributed by atoms with Crippen molar-refractivity contribution in [3.8, 4) is 0 Å². The van der Waals surface area contributed by atoms with Gasteiger partial charge in [0.2, 0.25) is 5.91 Å². The maximum atomic E-state index is 12.0. The molecular formula is C14H23NO. The summed E-state index contributed by atoms with van der Waals surface area (Å²) in [6.45, 7) is 2.10. The minimum absolute atomic E-state index is 0.417. The third kappa shape index (κ3) is 1.99. The van der Waals surface area contributed by atoms with Crippen molar-refractivity contribution in [2.24, 2.45) is 11.3 Å². The topological polar surface area (TPSA) is 20.3 Å². The molecule has 3 rings (SSSR count). The van der Waals surface area contributed by atoms with Gasteiger partial charge in [-0.3, -0.25) is 4.79 Å². The van der Waals surface area contributed by atoms with E-state index in [4.69, 9.17) is 0 Å². The van der Waals surface area contributed by atoms with Gasteiger partial charge >= 0.3 is 0 Å².